The highest BCUT2D eigenvalue weighted by molar-refractivity contribution is 7.89. The van der Waals surface area contributed by atoms with E-state index in [-0.39, 0.29) is 30.5 Å². The molecule has 0 N–H and O–H groups in total. The van der Waals surface area contributed by atoms with Gasteiger partial charge in [0.2, 0.25) is 10.0 Å². The van der Waals surface area contributed by atoms with Crippen LogP contribution in [0.1, 0.15) is 27.0 Å². The van der Waals surface area contributed by atoms with E-state index in [0.29, 0.717) is 16.1 Å². The molecule has 4 rings (SSSR count). The summed E-state index contributed by atoms with van der Waals surface area (Å²) >= 11 is 1.30. The number of aryl methyl sites for hydroxylation is 1. The maximum atomic E-state index is 13.3. The van der Waals surface area contributed by atoms with Crippen molar-refractivity contribution in [1.82, 2.24) is 24.0 Å². The second kappa shape index (κ2) is 7.73. The predicted octanol–water partition coefficient (Wildman–Crippen LogP) is 1.80. The Morgan fingerprint density at radius 1 is 1.37 bits per heavy atom. The lowest BCUT2D eigenvalue weighted by molar-refractivity contribution is -0.00205. The van der Waals surface area contributed by atoms with Crippen molar-refractivity contribution in [3.8, 4) is 0 Å². The number of fused-ring (bicyclic) bond motifs is 1. The summed E-state index contributed by atoms with van der Waals surface area (Å²) in [5.41, 5.74) is 1.27. The van der Waals surface area contributed by atoms with Gasteiger partial charge in [-0.15, -0.1) is 11.3 Å². The zero-order chi connectivity index (χ0) is 21.6. The first kappa shape index (κ1) is 20.9. The Bertz CT molecular complexity index is 1210. The molecule has 0 spiro atoms. The highest BCUT2D eigenvalue weighted by Crippen LogP contribution is 2.38. The van der Waals surface area contributed by atoms with Crippen LogP contribution in [0.2, 0.25) is 0 Å². The Hall–Kier alpha value is -2.34. The van der Waals surface area contributed by atoms with Crippen molar-refractivity contribution in [3.63, 3.8) is 0 Å². The topological polar surface area (TPSA) is 97.6 Å². The zero-order valence-electron chi connectivity index (χ0n) is 17.2. The fourth-order valence-electron chi connectivity index (χ4n) is 3.52. The van der Waals surface area contributed by atoms with Gasteiger partial charge < -0.3 is 9.64 Å². The maximum Gasteiger partial charge on any atom is 0.263 e. The van der Waals surface area contributed by atoms with Crippen LogP contribution in [0.25, 0.3) is 10.2 Å². The van der Waals surface area contributed by atoms with E-state index in [2.05, 4.69) is 10.1 Å². The first-order valence-electron chi connectivity index (χ1n) is 9.41. The summed E-state index contributed by atoms with van der Waals surface area (Å²) in [5.74, 6) is -0.153. The molecule has 1 fully saturated rings. The van der Waals surface area contributed by atoms with Gasteiger partial charge in [0.15, 0.2) is 0 Å². The quantitative estimate of drug-likeness (QED) is 0.603. The normalized spacial score (nSPS) is 18.1. The molecule has 3 aromatic heterocycles. The minimum atomic E-state index is -3.74. The van der Waals surface area contributed by atoms with Gasteiger partial charge in [0.1, 0.15) is 14.6 Å². The van der Waals surface area contributed by atoms with Crippen LogP contribution in [-0.4, -0.2) is 72.1 Å². The lowest BCUT2D eigenvalue weighted by Gasteiger charge is -2.32. The third kappa shape index (κ3) is 3.41. The van der Waals surface area contributed by atoms with Crippen LogP contribution in [0.4, 0.5) is 0 Å². The Balaban J connectivity index is 1.75. The smallest absolute Gasteiger partial charge is 0.263 e. The summed E-state index contributed by atoms with van der Waals surface area (Å²) in [6.07, 6.45) is 2.48. The van der Waals surface area contributed by atoms with Crippen molar-refractivity contribution in [2.75, 3.05) is 33.8 Å². The number of sulfonamides is 1. The fraction of sp³-hybridized carbons (Fsp3) is 0.421. The van der Waals surface area contributed by atoms with Gasteiger partial charge in [-0.2, -0.15) is 9.40 Å². The molecule has 30 heavy (non-hydrogen) atoms. The van der Waals surface area contributed by atoms with Crippen molar-refractivity contribution in [3.05, 3.63) is 40.7 Å². The number of hydrogen-bond acceptors (Lipinski definition) is 7. The molecule has 0 radical (unpaired) electrons. The number of thiophene rings is 1. The summed E-state index contributed by atoms with van der Waals surface area (Å²) < 4.78 is 35.4. The molecule has 1 aliphatic rings. The number of carbonyl (C=O) groups is 1. The van der Waals surface area contributed by atoms with Crippen LogP contribution in [0.5, 0.6) is 0 Å². The SMILES string of the molecule is Cc1c(S(=O)(=O)N2CCOC(c3c(C(=O)N(C)C)sc4ncccc34)C2)cnn1C. The van der Waals surface area contributed by atoms with Crippen LogP contribution >= 0.6 is 11.3 Å². The highest BCUT2D eigenvalue weighted by atomic mass is 32.2. The molecule has 0 aliphatic carbocycles. The number of ether oxygens (including phenoxy) is 1. The molecule has 1 aliphatic heterocycles. The van der Waals surface area contributed by atoms with Gasteiger partial charge >= 0.3 is 0 Å². The van der Waals surface area contributed by atoms with E-state index in [9.17, 15) is 13.2 Å². The van der Waals surface area contributed by atoms with Gasteiger partial charge in [0, 0.05) is 51.4 Å². The number of morpholine rings is 1. The second-order valence-corrected chi connectivity index (χ2v) is 10.2. The molecule has 1 saturated heterocycles. The van der Waals surface area contributed by atoms with Gasteiger partial charge in [0.25, 0.3) is 5.91 Å². The molecule has 0 bridgehead atoms. The minimum absolute atomic E-state index is 0.116. The number of pyridine rings is 1. The van der Waals surface area contributed by atoms with E-state index in [4.69, 9.17) is 4.74 Å². The van der Waals surface area contributed by atoms with Crippen molar-refractivity contribution >= 4 is 37.5 Å². The highest BCUT2D eigenvalue weighted by Gasteiger charge is 2.36. The Morgan fingerprint density at radius 2 is 2.13 bits per heavy atom. The van der Waals surface area contributed by atoms with Crippen LogP contribution in [0.3, 0.4) is 0 Å². The molecule has 9 nitrogen and oxygen atoms in total. The Morgan fingerprint density at radius 3 is 2.80 bits per heavy atom. The molecular weight excluding hydrogens is 426 g/mol. The van der Waals surface area contributed by atoms with Crippen LogP contribution < -0.4 is 0 Å². The maximum absolute atomic E-state index is 13.3. The fourth-order valence-corrected chi connectivity index (χ4v) is 6.35. The summed E-state index contributed by atoms with van der Waals surface area (Å²) in [6, 6.07) is 3.70. The third-order valence-corrected chi connectivity index (χ3v) is 8.35. The summed E-state index contributed by atoms with van der Waals surface area (Å²) in [6.45, 7) is 2.32. The second-order valence-electron chi connectivity index (χ2n) is 7.34. The number of hydrogen-bond donors (Lipinski definition) is 0. The van der Waals surface area contributed by atoms with E-state index in [1.807, 2.05) is 6.07 Å². The average Bonchev–Trinajstić information content (AvgIpc) is 3.28. The monoisotopic (exact) mass is 449 g/mol. The van der Waals surface area contributed by atoms with E-state index in [1.54, 1.807) is 40.3 Å². The molecule has 160 valence electrons. The molecule has 1 amide bonds. The van der Waals surface area contributed by atoms with Gasteiger partial charge in [-0.3, -0.25) is 9.48 Å². The molecule has 0 aromatic carbocycles. The third-order valence-electron chi connectivity index (χ3n) is 5.26. The number of carbonyl (C=O) groups excluding carboxylic acids is 1. The van der Waals surface area contributed by atoms with Gasteiger partial charge in [-0.05, 0) is 13.0 Å². The number of aromatic nitrogens is 3. The molecule has 0 saturated carbocycles. The molecule has 4 heterocycles. The van der Waals surface area contributed by atoms with Crippen molar-refractivity contribution in [1.29, 1.82) is 0 Å². The molecular formula is C19H23N5O4S2. The summed E-state index contributed by atoms with van der Waals surface area (Å²) in [5, 5.41) is 4.88. The molecule has 11 heteroatoms. The molecule has 1 atom stereocenters. The van der Waals surface area contributed by atoms with Gasteiger partial charge in [-0.1, -0.05) is 6.07 Å². The lowest BCUT2D eigenvalue weighted by atomic mass is 10.0. The van der Waals surface area contributed by atoms with Gasteiger partial charge in [-0.25, -0.2) is 13.4 Å². The number of nitrogens with zero attached hydrogens (tertiary/aromatic N) is 5. The van der Waals surface area contributed by atoms with Crippen molar-refractivity contribution in [2.45, 2.75) is 17.9 Å². The average molecular weight is 450 g/mol. The van der Waals surface area contributed by atoms with Crippen LogP contribution in [0, 0.1) is 6.92 Å². The standard InChI is InChI=1S/C19H23N5O4S2/c1-12-15(10-21-23(12)4)30(26,27)24-8-9-28-14(11-24)16-13-6-5-7-20-18(13)29-17(16)19(25)22(2)3/h5-7,10,14H,8-9,11H2,1-4H3. The summed E-state index contributed by atoms with van der Waals surface area (Å²) in [7, 11) is 1.35. The predicted molar refractivity (Wildman–Crippen MR) is 113 cm³/mol. The lowest BCUT2D eigenvalue weighted by Crippen LogP contribution is -2.42. The molecule has 3 aromatic rings. The van der Waals surface area contributed by atoms with E-state index < -0.39 is 16.1 Å². The van der Waals surface area contributed by atoms with E-state index >= 15 is 0 Å². The van der Waals surface area contributed by atoms with E-state index in [1.165, 1.54) is 31.4 Å². The van der Waals surface area contributed by atoms with Gasteiger partial charge in [0.05, 0.1) is 24.6 Å². The number of amides is 1. The van der Waals surface area contributed by atoms with Crippen molar-refractivity contribution in [2.24, 2.45) is 7.05 Å². The van der Waals surface area contributed by atoms with Crippen LogP contribution in [0.15, 0.2) is 29.4 Å². The zero-order valence-corrected chi connectivity index (χ0v) is 18.8. The molecule has 1 unspecified atom stereocenters. The first-order chi connectivity index (χ1) is 14.2. The first-order valence-corrected chi connectivity index (χ1v) is 11.7. The summed E-state index contributed by atoms with van der Waals surface area (Å²) in [4.78, 5) is 20.2. The Labute approximate surface area is 178 Å². The van der Waals surface area contributed by atoms with Crippen LogP contribution in [-0.2, 0) is 21.8 Å². The number of rotatable bonds is 4. The van der Waals surface area contributed by atoms with E-state index in [0.717, 1.165) is 10.2 Å². The largest absolute Gasteiger partial charge is 0.371 e. The Kier molecular flexibility index (Phi) is 5.39. The van der Waals surface area contributed by atoms with Crippen molar-refractivity contribution < 1.29 is 17.9 Å². The minimum Gasteiger partial charge on any atom is -0.371 e.